The SMILES string of the molecule is CSCC(O)C(O)C(=O)COP(=O)(O)O. The number of carbonyl (C=O) groups excluding carboxylic acids is 1. The van der Waals surface area contributed by atoms with Crippen molar-refractivity contribution in [2.75, 3.05) is 18.6 Å². The maximum atomic E-state index is 11.0. The largest absolute Gasteiger partial charge is 0.470 e. The van der Waals surface area contributed by atoms with Gasteiger partial charge in [0.15, 0.2) is 5.78 Å². The van der Waals surface area contributed by atoms with Crippen LogP contribution in [-0.4, -0.2) is 56.6 Å². The molecule has 0 rings (SSSR count). The lowest BCUT2D eigenvalue weighted by Gasteiger charge is -2.15. The van der Waals surface area contributed by atoms with Gasteiger partial charge in [-0.15, -0.1) is 0 Å². The highest BCUT2D eigenvalue weighted by atomic mass is 32.2. The molecule has 0 aliphatic heterocycles. The van der Waals surface area contributed by atoms with Gasteiger partial charge in [0.2, 0.25) is 0 Å². The summed E-state index contributed by atoms with van der Waals surface area (Å²) < 4.78 is 14.1. The van der Waals surface area contributed by atoms with E-state index in [-0.39, 0.29) is 5.75 Å². The van der Waals surface area contributed by atoms with Gasteiger partial charge in [0.05, 0.1) is 6.10 Å². The first-order valence-electron chi connectivity index (χ1n) is 3.86. The molecular weight excluding hydrogens is 247 g/mol. The van der Waals surface area contributed by atoms with Crippen molar-refractivity contribution in [2.24, 2.45) is 0 Å². The molecule has 0 heterocycles. The van der Waals surface area contributed by atoms with E-state index in [0.717, 1.165) is 0 Å². The van der Waals surface area contributed by atoms with Crippen molar-refractivity contribution in [3.05, 3.63) is 0 Å². The molecule has 15 heavy (non-hydrogen) atoms. The molecule has 0 fully saturated rings. The number of aliphatic hydroxyl groups excluding tert-OH is 2. The van der Waals surface area contributed by atoms with Gasteiger partial charge in [-0.3, -0.25) is 9.32 Å². The average molecular weight is 260 g/mol. The zero-order valence-corrected chi connectivity index (χ0v) is 9.65. The van der Waals surface area contributed by atoms with Gasteiger partial charge in [-0.1, -0.05) is 0 Å². The van der Waals surface area contributed by atoms with Gasteiger partial charge >= 0.3 is 7.82 Å². The zero-order valence-electron chi connectivity index (χ0n) is 7.94. The number of thioether (sulfide) groups is 1. The number of rotatable bonds is 7. The van der Waals surface area contributed by atoms with Crippen LogP contribution in [0.5, 0.6) is 0 Å². The molecule has 0 bridgehead atoms. The highest BCUT2D eigenvalue weighted by Gasteiger charge is 2.26. The molecule has 0 aromatic heterocycles. The van der Waals surface area contributed by atoms with E-state index < -0.39 is 32.4 Å². The highest BCUT2D eigenvalue weighted by Crippen LogP contribution is 2.35. The summed E-state index contributed by atoms with van der Waals surface area (Å²) >= 11 is 1.22. The van der Waals surface area contributed by atoms with Crippen LogP contribution < -0.4 is 0 Å². The lowest BCUT2D eigenvalue weighted by atomic mass is 10.1. The maximum Gasteiger partial charge on any atom is 0.470 e. The van der Waals surface area contributed by atoms with Crippen molar-refractivity contribution in [2.45, 2.75) is 12.2 Å². The molecule has 0 aliphatic rings. The Morgan fingerprint density at radius 3 is 2.40 bits per heavy atom. The van der Waals surface area contributed by atoms with Crippen LogP contribution in [0.2, 0.25) is 0 Å². The second kappa shape index (κ2) is 6.59. The average Bonchev–Trinajstić information content (AvgIpc) is 2.12. The summed E-state index contributed by atoms with van der Waals surface area (Å²) in [4.78, 5) is 27.6. The Bertz CT molecular complexity index is 252. The first kappa shape index (κ1) is 15.0. The fourth-order valence-corrected chi connectivity index (χ4v) is 1.53. The van der Waals surface area contributed by atoms with E-state index in [9.17, 15) is 14.5 Å². The van der Waals surface area contributed by atoms with Crippen molar-refractivity contribution >= 4 is 25.4 Å². The molecule has 0 spiro atoms. The molecule has 9 heteroatoms. The Morgan fingerprint density at radius 2 is 2.00 bits per heavy atom. The molecule has 0 saturated carbocycles. The summed E-state index contributed by atoms with van der Waals surface area (Å²) in [5.74, 6) is -0.831. The minimum atomic E-state index is -4.72. The van der Waals surface area contributed by atoms with Crippen molar-refractivity contribution in [1.29, 1.82) is 0 Å². The topological polar surface area (TPSA) is 124 Å². The second-order valence-electron chi connectivity index (χ2n) is 2.70. The molecule has 2 atom stereocenters. The molecule has 0 aliphatic carbocycles. The Balaban J connectivity index is 4.05. The minimum Gasteiger partial charge on any atom is -0.389 e. The normalized spacial score (nSPS) is 16.1. The van der Waals surface area contributed by atoms with Gasteiger partial charge in [0.1, 0.15) is 12.7 Å². The number of aliphatic hydroxyl groups is 2. The van der Waals surface area contributed by atoms with E-state index in [1.165, 1.54) is 11.8 Å². The van der Waals surface area contributed by atoms with Crippen molar-refractivity contribution < 1.29 is 33.9 Å². The highest BCUT2D eigenvalue weighted by molar-refractivity contribution is 7.98. The van der Waals surface area contributed by atoms with Crippen LogP contribution in [0.3, 0.4) is 0 Å². The summed E-state index contributed by atoms with van der Waals surface area (Å²) in [6, 6.07) is 0. The summed E-state index contributed by atoms with van der Waals surface area (Å²) in [7, 11) is -4.72. The summed E-state index contributed by atoms with van der Waals surface area (Å²) in [6.07, 6.45) is -1.29. The van der Waals surface area contributed by atoms with Gasteiger partial charge in [0, 0.05) is 5.75 Å². The van der Waals surface area contributed by atoms with Crippen molar-refractivity contribution in [3.63, 3.8) is 0 Å². The standard InChI is InChI=1S/C6H13O7PS/c1-15-3-5(8)6(9)4(7)2-13-14(10,11)12/h5-6,8-9H,2-3H2,1H3,(H2,10,11,12). The van der Waals surface area contributed by atoms with Crippen molar-refractivity contribution in [1.82, 2.24) is 0 Å². The molecule has 0 saturated heterocycles. The number of ketones is 1. The van der Waals surface area contributed by atoms with Gasteiger partial charge in [-0.25, -0.2) is 4.57 Å². The lowest BCUT2D eigenvalue weighted by molar-refractivity contribution is -0.134. The van der Waals surface area contributed by atoms with Gasteiger partial charge < -0.3 is 20.0 Å². The Hall–Kier alpha value is 0.0500. The third-order valence-electron chi connectivity index (χ3n) is 1.41. The lowest BCUT2D eigenvalue weighted by Crippen LogP contribution is -2.37. The Kier molecular flexibility index (Phi) is 6.62. The fraction of sp³-hybridized carbons (Fsp3) is 0.833. The maximum absolute atomic E-state index is 11.0. The van der Waals surface area contributed by atoms with E-state index >= 15 is 0 Å². The number of hydrogen-bond acceptors (Lipinski definition) is 6. The molecule has 2 unspecified atom stereocenters. The van der Waals surface area contributed by atoms with Gasteiger partial charge in [-0.2, -0.15) is 11.8 Å². The molecule has 0 aromatic carbocycles. The van der Waals surface area contributed by atoms with E-state index in [4.69, 9.17) is 14.9 Å². The zero-order chi connectivity index (χ0) is 12.1. The molecular formula is C6H13O7PS. The summed E-state index contributed by atoms with van der Waals surface area (Å²) in [6.45, 7) is -0.934. The first-order chi connectivity index (χ1) is 6.78. The van der Waals surface area contributed by atoms with Crippen LogP contribution in [0, 0.1) is 0 Å². The van der Waals surface area contributed by atoms with Crippen LogP contribution in [0.1, 0.15) is 0 Å². The van der Waals surface area contributed by atoms with E-state index in [2.05, 4.69) is 4.52 Å². The Labute approximate surface area is 90.7 Å². The first-order valence-corrected chi connectivity index (χ1v) is 6.78. The van der Waals surface area contributed by atoms with Crippen molar-refractivity contribution in [3.8, 4) is 0 Å². The number of hydrogen-bond donors (Lipinski definition) is 4. The van der Waals surface area contributed by atoms with E-state index in [0.29, 0.717) is 0 Å². The van der Waals surface area contributed by atoms with E-state index in [1.807, 2.05) is 0 Å². The van der Waals surface area contributed by atoms with Gasteiger partial charge in [-0.05, 0) is 6.26 Å². The Morgan fingerprint density at radius 1 is 1.47 bits per heavy atom. The summed E-state index contributed by atoms with van der Waals surface area (Å²) in [5.41, 5.74) is 0. The molecule has 0 aromatic rings. The molecule has 7 nitrogen and oxygen atoms in total. The van der Waals surface area contributed by atoms with Crippen LogP contribution >= 0.6 is 19.6 Å². The van der Waals surface area contributed by atoms with Crippen LogP contribution in [0.15, 0.2) is 0 Å². The number of phosphoric acid groups is 1. The molecule has 4 N–H and O–H groups in total. The monoisotopic (exact) mass is 260 g/mol. The second-order valence-corrected chi connectivity index (χ2v) is 4.85. The smallest absolute Gasteiger partial charge is 0.389 e. The number of Topliss-reactive ketones (excluding diaryl/α,β-unsaturated/α-hetero) is 1. The molecule has 90 valence electrons. The van der Waals surface area contributed by atoms with Crippen LogP contribution in [-0.2, 0) is 13.9 Å². The van der Waals surface area contributed by atoms with Crippen LogP contribution in [0.4, 0.5) is 0 Å². The third kappa shape index (κ3) is 7.02. The third-order valence-corrected chi connectivity index (χ3v) is 2.55. The fourth-order valence-electron chi connectivity index (χ4n) is 0.710. The molecule has 0 radical (unpaired) electrons. The van der Waals surface area contributed by atoms with Crippen LogP contribution in [0.25, 0.3) is 0 Å². The van der Waals surface area contributed by atoms with E-state index in [1.54, 1.807) is 6.26 Å². The minimum absolute atomic E-state index is 0.142. The summed E-state index contributed by atoms with van der Waals surface area (Å²) in [5, 5.41) is 18.3. The predicted molar refractivity (Wildman–Crippen MR) is 53.4 cm³/mol. The molecule has 0 amide bonds. The number of carbonyl (C=O) groups is 1. The predicted octanol–water partition coefficient (Wildman–Crippen LogP) is -1.25. The van der Waals surface area contributed by atoms with Gasteiger partial charge in [0.25, 0.3) is 0 Å². The quantitative estimate of drug-likeness (QED) is 0.418. The number of phosphoric ester groups is 1.